The van der Waals surface area contributed by atoms with Crippen LogP contribution in [0.5, 0.6) is 5.75 Å². The molecule has 0 bridgehead atoms. The van der Waals surface area contributed by atoms with Gasteiger partial charge in [0.1, 0.15) is 17.9 Å². The summed E-state index contributed by atoms with van der Waals surface area (Å²) < 4.78 is 5.89. The average Bonchev–Trinajstić information content (AvgIpc) is 2.74. The summed E-state index contributed by atoms with van der Waals surface area (Å²) in [4.78, 5) is 13.9. The smallest absolute Gasteiger partial charge is 0.336 e. The molecule has 0 amide bonds. The third kappa shape index (κ3) is 3.69. The second-order valence-electron chi connectivity index (χ2n) is 6.33. The Labute approximate surface area is 169 Å². The first-order valence-corrected chi connectivity index (χ1v) is 9.20. The van der Waals surface area contributed by atoms with Gasteiger partial charge in [0.05, 0.1) is 5.56 Å². The molecule has 0 saturated carbocycles. The van der Waals surface area contributed by atoms with Crippen LogP contribution in [0.2, 0.25) is 0 Å². The highest BCUT2D eigenvalue weighted by molar-refractivity contribution is 5.98. The third-order valence-electron chi connectivity index (χ3n) is 4.80. The van der Waals surface area contributed by atoms with Gasteiger partial charge in [-0.25, -0.2) is 4.79 Å². The van der Waals surface area contributed by atoms with Crippen molar-refractivity contribution in [2.75, 3.05) is 18.0 Å². The van der Waals surface area contributed by atoms with Crippen LogP contribution in [0.25, 0.3) is 5.57 Å². The topological polar surface area (TPSA) is 97.4 Å². The molecule has 6 heteroatoms. The van der Waals surface area contributed by atoms with Crippen molar-refractivity contribution in [3.63, 3.8) is 0 Å². The fourth-order valence-corrected chi connectivity index (χ4v) is 3.35. The number of ether oxygens (including phenoxy) is 1. The number of benzene rings is 2. The summed E-state index contributed by atoms with van der Waals surface area (Å²) >= 11 is 0. The first-order valence-electron chi connectivity index (χ1n) is 9.20. The number of hydrogen-bond acceptors (Lipinski definition) is 5. The van der Waals surface area contributed by atoms with E-state index in [9.17, 15) is 20.4 Å². The number of aromatic carboxylic acids is 1. The van der Waals surface area contributed by atoms with E-state index in [0.29, 0.717) is 22.4 Å². The molecule has 1 aliphatic heterocycles. The van der Waals surface area contributed by atoms with Crippen LogP contribution in [0.15, 0.2) is 59.9 Å². The maximum atomic E-state index is 11.7. The van der Waals surface area contributed by atoms with E-state index in [0.717, 1.165) is 18.8 Å². The van der Waals surface area contributed by atoms with Crippen molar-refractivity contribution in [1.29, 1.82) is 10.5 Å². The fourth-order valence-electron chi connectivity index (χ4n) is 3.35. The summed E-state index contributed by atoms with van der Waals surface area (Å²) in [5.41, 5.74) is 2.69. The molecule has 0 atom stereocenters. The highest BCUT2D eigenvalue weighted by Gasteiger charge is 2.24. The number of allylic oxidation sites excluding steroid dienone is 2. The molecular weight excluding hydrogens is 366 g/mol. The van der Waals surface area contributed by atoms with Crippen LogP contribution in [-0.2, 0) is 0 Å². The molecule has 0 fully saturated rings. The van der Waals surface area contributed by atoms with Gasteiger partial charge in [-0.2, -0.15) is 10.5 Å². The Morgan fingerprint density at radius 3 is 2.38 bits per heavy atom. The largest absolute Gasteiger partial charge is 0.478 e. The average molecular weight is 385 g/mol. The van der Waals surface area contributed by atoms with E-state index in [2.05, 4.69) is 4.90 Å². The second-order valence-corrected chi connectivity index (χ2v) is 6.33. The summed E-state index contributed by atoms with van der Waals surface area (Å²) in [6.45, 7) is 5.72. The molecule has 1 aliphatic rings. The number of carboxylic acid groups (broad SMARTS) is 1. The minimum Gasteiger partial charge on any atom is -0.478 e. The van der Waals surface area contributed by atoms with Gasteiger partial charge in [0.2, 0.25) is 0 Å². The van der Waals surface area contributed by atoms with Gasteiger partial charge < -0.3 is 14.7 Å². The van der Waals surface area contributed by atoms with Crippen LogP contribution in [0.4, 0.5) is 5.69 Å². The number of nitrogens with zero attached hydrogens (tertiary/aromatic N) is 3. The van der Waals surface area contributed by atoms with Gasteiger partial charge in [-0.05, 0) is 49.3 Å². The minimum atomic E-state index is -1.05. The predicted octanol–water partition coefficient (Wildman–Crippen LogP) is 4.36. The molecule has 0 aliphatic carbocycles. The first kappa shape index (κ1) is 19.7. The van der Waals surface area contributed by atoms with E-state index in [1.54, 1.807) is 24.3 Å². The molecule has 1 N–H and O–H groups in total. The van der Waals surface area contributed by atoms with E-state index in [4.69, 9.17) is 4.74 Å². The Hall–Kier alpha value is -4.03. The fraction of sp³-hybridized carbons (Fsp3) is 0.174. The Morgan fingerprint density at radius 2 is 1.76 bits per heavy atom. The molecule has 1 heterocycles. The molecule has 0 aromatic heterocycles. The molecule has 144 valence electrons. The lowest BCUT2D eigenvalue weighted by Gasteiger charge is -2.26. The van der Waals surface area contributed by atoms with E-state index in [1.807, 2.05) is 44.2 Å². The molecule has 0 spiro atoms. The van der Waals surface area contributed by atoms with Crippen LogP contribution in [0.1, 0.15) is 35.3 Å². The summed E-state index contributed by atoms with van der Waals surface area (Å²) in [5, 5.41) is 28.2. The lowest BCUT2D eigenvalue weighted by atomic mass is 9.90. The number of hydrogen-bond donors (Lipinski definition) is 1. The van der Waals surface area contributed by atoms with E-state index < -0.39 is 5.97 Å². The van der Waals surface area contributed by atoms with Crippen LogP contribution in [0.3, 0.4) is 0 Å². The Morgan fingerprint density at radius 1 is 1.07 bits per heavy atom. The zero-order valence-electron chi connectivity index (χ0n) is 16.1. The Kier molecular flexibility index (Phi) is 5.66. The summed E-state index contributed by atoms with van der Waals surface area (Å²) in [6.07, 6.45) is 1.56. The predicted molar refractivity (Wildman–Crippen MR) is 109 cm³/mol. The molecule has 0 saturated heterocycles. The lowest BCUT2D eigenvalue weighted by molar-refractivity contribution is 0.0696. The maximum Gasteiger partial charge on any atom is 0.336 e. The Balaban J connectivity index is 2.28. The van der Waals surface area contributed by atoms with Crippen molar-refractivity contribution in [2.24, 2.45) is 0 Å². The van der Waals surface area contributed by atoms with Crippen LogP contribution >= 0.6 is 0 Å². The molecule has 3 rings (SSSR count). The quantitative estimate of drug-likeness (QED) is 0.768. The van der Waals surface area contributed by atoms with Crippen molar-refractivity contribution in [3.05, 3.63) is 76.6 Å². The highest BCUT2D eigenvalue weighted by atomic mass is 16.5. The number of anilines is 1. The van der Waals surface area contributed by atoms with Gasteiger partial charge in [0.15, 0.2) is 11.3 Å². The number of fused-ring (bicyclic) bond motifs is 1. The molecule has 29 heavy (non-hydrogen) atoms. The molecule has 6 nitrogen and oxygen atoms in total. The van der Waals surface area contributed by atoms with Crippen molar-refractivity contribution < 1.29 is 14.6 Å². The van der Waals surface area contributed by atoms with Crippen molar-refractivity contribution >= 4 is 17.2 Å². The highest BCUT2D eigenvalue weighted by Crippen LogP contribution is 2.41. The zero-order chi connectivity index (χ0) is 21.0. The third-order valence-corrected chi connectivity index (χ3v) is 4.80. The lowest BCUT2D eigenvalue weighted by Crippen LogP contribution is -2.22. The van der Waals surface area contributed by atoms with Crippen molar-refractivity contribution in [2.45, 2.75) is 13.8 Å². The van der Waals surface area contributed by atoms with Gasteiger partial charge >= 0.3 is 5.97 Å². The van der Waals surface area contributed by atoms with Gasteiger partial charge in [-0.3, -0.25) is 0 Å². The van der Waals surface area contributed by atoms with Gasteiger partial charge in [0.25, 0.3) is 0 Å². The monoisotopic (exact) mass is 385 g/mol. The standard InChI is InChI=1S/C23H19N3O3/c1-3-26(4-2)16-9-10-18-20(17-7-5-6-8-19(17)23(27)28)12-21(15(13-24)14-25)29-22(18)11-16/h5-12H,3-4H2,1-2H3,(H,27,28). The molecular formula is C23H19N3O3. The number of carboxylic acids is 1. The van der Waals surface area contributed by atoms with Gasteiger partial charge in [-0.1, -0.05) is 18.2 Å². The minimum absolute atomic E-state index is 0.106. The van der Waals surface area contributed by atoms with Gasteiger partial charge in [-0.15, -0.1) is 0 Å². The van der Waals surface area contributed by atoms with Gasteiger partial charge in [0, 0.05) is 30.4 Å². The second kappa shape index (κ2) is 8.33. The van der Waals surface area contributed by atoms with E-state index >= 15 is 0 Å². The summed E-state index contributed by atoms with van der Waals surface area (Å²) in [5.74, 6) is -0.472. The van der Waals surface area contributed by atoms with E-state index in [-0.39, 0.29) is 16.9 Å². The first-order chi connectivity index (χ1) is 14.0. The summed E-state index contributed by atoms with van der Waals surface area (Å²) in [6, 6.07) is 16.0. The van der Waals surface area contributed by atoms with E-state index in [1.165, 1.54) is 6.07 Å². The van der Waals surface area contributed by atoms with Crippen LogP contribution in [-0.4, -0.2) is 24.2 Å². The van der Waals surface area contributed by atoms with Crippen LogP contribution < -0.4 is 9.64 Å². The van der Waals surface area contributed by atoms with Crippen molar-refractivity contribution in [3.8, 4) is 17.9 Å². The summed E-state index contributed by atoms with van der Waals surface area (Å²) in [7, 11) is 0. The van der Waals surface area contributed by atoms with Crippen LogP contribution in [0, 0.1) is 22.7 Å². The maximum absolute atomic E-state index is 11.7. The normalized spacial score (nSPS) is 12.0. The number of carbonyl (C=O) groups is 1. The molecule has 0 unspecified atom stereocenters. The Bertz CT molecular complexity index is 1100. The molecule has 2 aromatic rings. The molecule has 0 radical (unpaired) electrons. The number of rotatable bonds is 5. The molecule has 2 aromatic carbocycles. The zero-order valence-corrected chi connectivity index (χ0v) is 16.1. The number of nitriles is 2. The van der Waals surface area contributed by atoms with Crippen molar-refractivity contribution in [1.82, 2.24) is 0 Å². The SMILES string of the molecule is CCN(CC)c1ccc2c(c1)OC(=C(C#N)C#N)C=C2c1ccccc1C(=O)O.